The molecule has 0 unspecified atom stereocenters. The number of halogens is 3. The molecule has 2 saturated carbocycles. The molecule has 0 aliphatic heterocycles. The average molecular weight is 626 g/mol. The highest BCUT2D eigenvalue weighted by molar-refractivity contribution is 7.89. The maximum atomic E-state index is 14.8. The molecule has 0 atom stereocenters. The number of benzene rings is 2. The number of alkyl halides is 2. The van der Waals surface area contributed by atoms with Crippen LogP contribution >= 0.6 is 11.3 Å². The van der Waals surface area contributed by atoms with E-state index < -0.39 is 32.6 Å². The van der Waals surface area contributed by atoms with Crippen molar-refractivity contribution in [1.29, 1.82) is 0 Å². The summed E-state index contributed by atoms with van der Waals surface area (Å²) in [5, 5.41) is 16.6. The van der Waals surface area contributed by atoms with Crippen LogP contribution in [0.3, 0.4) is 0 Å². The fourth-order valence-corrected chi connectivity index (χ4v) is 6.69. The Morgan fingerprint density at radius 3 is 2.56 bits per heavy atom. The lowest BCUT2D eigenvalue weighted by molar-refractivity contribution is -0.0936. The summed E-state index contributed by atoms with van der Waals surface area (Å²) in [5.74, 6) is 1.28. The second-order valence-corrected chi connectivity index (χ2v) is 13.5. The standard InChI is InChI=1S/C31H26F3N3O4S2/c32-24-11-20(8-9-28(24)43(35,40)41)16-37-26(22-3-1-2-18(10-22)6-7-21-14-31(33,34)15-21)13-23(27(37)12-19-4-5-19)29-36-25(17-42-29)30(38)39/h1-3,8-11,13,17,19,21H,4-5,12,14-16H2,(H,38,39)(H2,35,40,41). The van der Waals surface area contributed by atoms with Crippen LogP contribution in [0.4, 0.5) is 13.2 Å². The van der Waals surface area contributed by atoms with Crippen LogP contribution < -0.4 is 5.14 Å². The molecule has 43 heavy (non-hydrogen) atoms. The molecule has 2 fully saturated rings. The maximum Gasteiger partial charge on any atom is 0.355 e. The van der Waals surface area contributed by atoms with Crippen molar-refractivity contribution in [3.05, 3.63) is 82.2 Å². The summed E-state index contributed by atoms with van der Waals surface area (Å²) >= 11 is 1.22. The summed E-state index contributed by atoms with van der Waals surface area (Å²) in [6.45, 7) is 0.184. The van der Waals surface area contributed by atoms with Gasteiger partial charge in [-0.05, 0) is 66.6 Å². The first-order valence-corrected chi connectivity index (χ1v) is 16.0. The van der Waals surface area contributed by atoms with E-state index in [1.807, 2.05) is 28.8 Å². The van der Waals surface area contributed by atoms with Crippen molar-refractivity contribution >= 4 is 27.3 Å². The highest BCUT2D eigenvalue weighted by Crippen LogP contribution is 2.42. The molecule has 2 aliphatic carbocycles. The molecule has 0 bridgehead atoms. The van der Waals surface area contributed by atoms with Crippen LogP contribution in [0.2, 0.25) is 0 Å². The molecule has 0 saturated heterocycles. The van der Waals surface area contributed by atoms with Crippen LogP contribution in [0.1, 0.15) is 53.0 Å². The van der Waals surface area contributed by atoms with E-state index in [4.69, 9.17) is 5.14 Å². The van der Waals surface area contributed by atoms with Gasteiger partial charge >= 0.3 is 5.97 Å². The molecule has 0 spiro atoms. The highest BCUT2D eigenvalue weighted by atomic mass is 32.2. The number of sulfonamides is 1. The number of carboxylic acids is 1. The third-order valence-electron chi connectivity index (χ3n) is 7.65. The Morgan fingerprint density at radius 1 is 1.16 bits per heavy atom. The number of nitrogens with two attached hydrogens (primary N) is 1. The van der Waals surface area contributed by atoms with Gasteiger partial charge in [0, 0.05) is 53.2 Å². The van der Waals surface area contributed by atoms with E-state index in [1.165, 1.54) is 22.8 Å². The summed E-state index contributed by atoms with van der Waals surface area (Å²) in [6, 6.07) is 13.1. The lowest BCUT2D eigenvalue weighted by Gasteiger charge is -2.31. The smallest absolute Gasteiger partial charge is 0.355 e. The van der Waals surface area contributed by atoms with E-state index in [1.54, 1.807) is 6.07 Å². The van der Waals surface area contributed by atoms with E-state index in [0.29, 0.717) is 28.5 Å². The normalized spacial score (nSPS) is 16.4. The molecule has 4 aromatic rings. The van der Waals surface area contributed by atoms with Gasteiger partial charge in [0.05, 0.1) is 0 Å². The number of thiazole rings is 1. The number of aromatic nitrogens is 2. The Balaban J connectivity index is 1.46. The third-order valence-corrected chi connectivity index (χ3v) is 9.47. The summed E-state index contributed by atoms with van der Waals surface area (Å²) < 4.78 is 67.0. The molecule has 2 aromatic heterocycles. The summed E-state index contributed by atoms with van der Waals surface area (Å²) in [6.07, 6.45) is 2.28. The van der Waals surface area contributed by atoms with Crippen molar-refractivity contribution in [3.8, 4) is 33.7 Å². The van der Waals surface area contributed by atoms with Gasteiger partial charge in [-0.25, -0.2) is 36.5 Å². The predicted octanol–water partition coefficient (Wildman–Crippen LogP) is 6.16. The van der Waals surface area contributed by atoms with Crippen LogP contribution in [0.5, 0.6) is 0 Å². The summed E-state index contributed by atoms with van der Waals surface area (Å²) in [4.78, 5) is 15.3. The van der Waals surface area contributed by atoms with Gasteiger partial charge in [-0.2, -0.15) is 0 Å². The number of hydrogen-bond acceptors (Lipinski definition) is 5. The minimum absolute atomic E-state index is 0.0637. The second-order valence-electron chi connectivity index (χ2n) is 11.1. The van der Waals surface area contributed by atoms with E-state index in [-0.39, 0.29) is 31.0 Å². The molecule has 2 heterocycles. The van der Waals surface area contributed by atoms with Gasteiger partial charge in [-0.1, -0.05) is 30.0 Å². The molecule has 2 aromatic carbocycles. The Morgan fingerprint density at radius 2 is 1.93 bits per heavy atom. The van der Waals surface area contributed by atoms with Gasteiger partial charge in [0.2, 0.25) is 10.0 Å². The molecule has 0 amide bonds. The monoisotopic (exact) mass is 625 g/mol. The first-order valence-electron chi connectivity index (χ1n) is 13.6. The Hall–Kier alpha value is -3.92. The van der Waals surface area contributed by atoms with E-state index in [0.717, 1.165) is 47.5 Å². The number of nitrogens with zero attached hydrogens (tertiary/aromatic N) is 2. The highest BCUT2D eigenvalue weighted by Gasteiger charge is 2.44. The van der Waals surface area contributed by atoms with Crippen molar-refractivity contribution < 1.29 is 31.5 Å². The topological polar surface area (TPSA) is 115 Å². The molecule has 12 heteroatoms. The second kappa shape index (κ2) is 11.0. The van der Waals surface area contributed by atoms with Crippen LogP contribution in [0, 0.1) is 29.5 Å². The van der Waals surface area contributed by atoms with Crippen molar-refractivity contribution in [1.82, 2.24) is 9.55 Å². The van der Waals surface area contributed by atoms with E-state index in [9.17, 15) is 31.5 Å². The quantitative estimate of drug-likeness (QED) is 0.228. The van der Waals surface area contributed by atoms with Crippen molar-refractivity contribution in [2.24, 2.45) is 17.0 Å². The van der Waals surface area contributed by atoms with Gasteiger partial charge in [-0.3, -0.25) is 0 Å². The Bertz CT molecular complexity index is 1910. The minimum Gasteiger partial charge on any atom is -0.476 e. The average Bonchev–Trinajstić information content (AvgIpc) is 3.48. The molecule has 3 N–H and O–H groups in total. The first kappa shape index (κ1) is 29.2. The maximum absolute atomic E-state index is 14.8. The van der Waals surface area contributed by atoms with Crippen molar-refractivity contribution in [2.45, 2.75) is 49.5 Å². The molecule has 222 valence electrons. The molecular formula is C31H26F3N3O4S2. The summed E-state index contributed by atoms with van der Waals surface area (Å²) in [7, 11) is -4.24. The minimum atomic E-state index is -4.24. The van der Waals surface area contributed by atoms with Gasteiger partial charge in [0.25, 0.3) is 5.92 Å². The fraction of sp³-hybridized carbons (Fsp3) is 0.290. The Labute approximate surface area is 250 Å². The van der Waals surface area contributed by atoms with Crippen molar-refractivity contribution in [2.75, 3.05) is 0 Å². The number of primary sulfonamides is 1. The Kier molecular flexibility index (Phi) is 7.44. The van der Waals surface area contributed by atoms with Gasteiger partial charge in [0.1, 0.15) is 15.7 Å². The van der Waals surface area contributed by atoms with Gasteiger partial charge in [-0.15, -0.1) is 11.3 Å². The number of carboxylic acid groups (broad SMARTS) is 1. The number of hydrogen-bond donors (Lipinski definition) is 2. The van der Waals surface area contributed by atoms with E-state index >= 15 is 0 Å². The van der Waals surface area contributed by atoms with Gasteiger partial charge < -0.3 is 9.67 Å². The zero-order chi connectivity index (χ0) is 30.5. The van der Waals surface area contributed by atoms with Crippen LogP contribution in [-0.2, 0) is 23.0 Å². The molecule has 7 nitrogen and oxygen atoms in total. The predicted molar refractivity (Wildman–Crippen MR) is 156 cm³/mol. The lowest BCUT2D eigenvalue weighted by atomic mass is 9.82. The fourth-order valence-electron chi connectivity index (χ4n) is 5.27. The van der Waals surface area contributed by atoms with Gasteiger partial charge in [0.15, 0.2) is 5.69 Å². The third kappa shape index (κ3) is 6.39. The van der Waals surface area contributed by atoms with Crippen molar-refractivity contribution in [3.63, 3.8) is 0 Å². The van der Waals surface area contributed by atoms with Crippen LogP contribution in [0.25, 0.3) is 21.8 Å². The zero-order valence-corrected chi connectivity index (χ0v) is 24.3. The molecule has 6 rings (SSSR count). The number of aromatic carboxylic acids is 1. The summed E-state index contributed by atoms with van der Waals surface area (Å²) in [5.41, 5.74) is 4.25. The largest absolute Gasteiger partial charge is 0.476 e. The van der Waals surface area contributed by atoms with E-state index in [2.05, 4.69) is 16.8 Å². The zero-order valence-electron chi connectivity index (χ0n) is 22.7. The number of rotatable bonds is 8. The lowest BCUT2D eigenvalue weighted by Crippen LogP contribution is -2.34. The van der Waals surface area contributed by atoms with Crippen LogP contribution in [-0.4, -0.2) is 35.0 Å². The molecule has 2 aliphatic rings. The SMILES string of the molecule is NS(=O)(=O)c1ccc(Cn2c(-c3cccc(C#CC4CC(F)(F)C4)c3)cc(-c3nc(C(=O)O)cs3)c2CC2CC2)cc1F. The molecular weight excluding hydrogens is 599 g/mol. The van der Waals surface area contributed by atoms with Crippen LogP contribution in [0.15, 0.2) is 58.8 Å². The number of carbonyl (C=O) groups is 1. The first-order chi connectivity index (χ1) is 20.4. The molecule has 0 radical (unpaired) electrons.